The Bertz CT molecular complexity index is 291. The molecule has 0 aliphatic heterocycles. The van der Waals surface area contributed by atoms with Crippen molar-refractivity contribution in [3.05, 3.63) is 0 Å². The molecule has 1 aliphatic rings. The highest BCUT2D eigenvalue weighted by molar-refractivity contribution is 7.97. The molecule has 0 aromatic rings. The van der Waals surface area contributed by atoms with E-state index in [1.807, 2.05) is 6.92 Å². The van der Waals surface area contributed by atoms with E-state index in [2.05, 4.69) is 27.0 Å². The zero-order valence-electron chi connectivity index (χ0n) is 13.7. The van der Waals surface area contributed by atoms with Crippen LogP contribution in [0.3, 0.4) is 0 Å². The van der Waals surface area contributed by atoms with Gasteiger partial charge < -0.3 is 9.47 Å². The van der Waals surface area contributed by atoms with Crippen molar-refractivity contribution in [3.8, 4) is 0 Å². The van der Waals surface area contributed by atoms with Crippen LogP contribution in [0.15, 0.2) is 0 Å². The molecular weight excluding hydrogens is 272 g/mol. The molecule has 0 spiro atoms. The first kappa shape index (κ1) is 17.8. The summed E-state index contributed by atoms with van der Waals surface area (Å²) in [5, 5.41) is 0. The molecule has 0 heterocycles. The third kappa shape index (κ3) is 6.04. The summed E-state index contributed by atoms with van der Waals surface area (Å²) in [6.07, 6.45) is 6.49. The molecule has 1 aliphatic carbocycles. The lowest BCUT2D eigenvalue weighted by Crippen LogP contribution is -2.33. The number of hydrogen-bond donors (Lipinski definition) is 0. The summed E-state index contributed by atoms with van der Waals surface area (Å²) in [6.45, 7) is 10.1. The van der Waals surface area contributed by atoms with Crippen LogP contribution in [0.4, 0.5) is 0 Å². The smallest absolute Gasteiger partial charge is 0.308 e. The van der Waals surface area contributed by atoms with Crippen LogP contribution in [0.25, 0.3) is 0 Å². The summed E-state index contributed by atoms with van der Waals surface area (Å²) in [4.78, 5) is 11.7. The largest absolute Gasteiger partial charge is 0.466 e. The van der Waals surface area contributed by atoms with Gasteiger partial charge in [0.2, 0.25) is 0 Å². The van der Waals surface area contributed by atoms with E-state index in [1.165, 1.54) is 0 Å². The average Bonchev–Trinajstić information content (AvgIpc) is 2.38. The van der Waals surface area contributed by atoms with Crippen LogP contribution >= 0.6 is 0 Å². The van der Waals surface area contributed by atoms with Gasteiger partial charge in [0.1, 0.15) is 10.5 Å². The maximum atomic E-state index is 11.7. The number of rotatable bonds is 6. The van der Waals surface area contributed by atoms with E-state index >= 15 is 0 Å². The van der Waals surface area contributed by atoms with Gasteiger partial charge in [0, 0.05) is 0 Å². The van der Waals surface area contributed by atoms with Crippen molar-refractivity contribution in [2.24, 2.45) is 5.92 Å². The highest BCUT2D eigenvalue weighted by atomic mass is 32.2. The summed E-state index contributed by atoms with van der Waals surface area (Å²) < 4.78 is 11.5. The molecule has 1 atom stereocenters. The first-order valence-electron chi connectivity index (χ1n) is 7.75. The van der Waals surface area contributed by atoms with Gasteiger partial charge in [-0.1, -0.05) is 0 Å². The van der Waals surface area contributed by atoms with Crippen LogP contribution in [0.2, 0.25) is 0 Å². The molecule has 1 saturated carbocycles. The molecule has 0 bridgehead atoms. The number of carbonyl (C=O) groups excluding carboxylic acids is 1. The predicted octanol–water partition coefficient (Wildman–Crippen LogP) is 3.17. The summed E-state index contributed by atoms with van der Waals surface area (Å²) in [6, 6.07) is 0. The Morgan fingerprint density at radius 2 is 1.80 bits per heavy atom. The summed E-state index contributed by atoms with van der Waals surface area (Å²) >= 11 is 0. The summed E-state index contributed by atoms with van der Waals surface area (Å²) in [5.74, 6) is 1.22. The Morgan fingerprint density at radius 1 is 1.20 bits per heavy atom. The summed E-state index contributed by atoms with van der Waals surface area (Å²) in [7, 11) is 0.392. The van der Waals surface area contributed by atoms with E-state index in [1.54, 1.807) is 0 Å². The Morgan fingerprint density at radius 3 is 2.30 bits per heavy atom. The topological polar surface area (TPSA) is 35.5 Å². The first-order chi connectivity index (χ1) is 9.34. The van der Waals surface area contributed by atoms with Gasteiger partial charge >= 0.3 is 5.97 Å². The van der Waals surface area contributed by atoms with Crippen LogP contribution < -0.4 is 0 Å². The van der Waals surface area contributed by atoms with Gasteiger partial charge in [-0.25, -0.2) is 0 Å². The van der Waals surface area contributed by atoms with E-state index < -0.39 is 0 Å². The van der Waals surface area contributed by atoms with Crippen molar-refractivity contribution in [2.75, 3.05) is 25.2 Å². The lowest BCUT2D eigenvalue weighted by molar-refractivity contribution is -0.150. The molecule has 1 rings (SSSR count). The predicted molar refractivity (Wildman–Crippen MR) is 86.2 cm³/mol. The molecule has 3 nitrogen and oxygen atoms in total. The Labute approximate surface area is 127 Å². The minimum atomic E-state index is -0.0196. The lowest BCUT2D eigenvalue weighted by Gasteiger charge is -2.27. The minimum Gasteiger partial charge on any atom is -0.466 e. The average molecular weight is 303 g/mol. The Kier molecular flexibility index (Phi) is 7.38. The maximum Gasteiger partial charge on any atom is 0.308 e. The normalized spacial score (nSPS) is 25.2. The van der Waals surface area contributed by atoms with Gasteiger partial charge in [-0.3, -0.25) is 4.79 Å². The third-order valence-corrected chi connectivity index (χ3v) is 6.95. The quantitative estimate of drug-likeness (QED) is 0.558. The Balaban J connectivity index is 2.18. The van der Waals surface area contributed by atoms with Crippen LogP contribution in [0.1, 0.15) is 53.4 Å². The fourth-order valence-electron chi connectivity index (χ4n) is 2.37. The van der Waals surface area contributed by atoms with Gasteiger partial charge in [0.25, 0.3) is 0 Å². The highest BCUT2D eigenvalue weighted by Gasteiger charge is 2.30. The number of carbonyl (C=O) groups is 1. The van der Waals surface area contributed by atoms with Crippen LogP contribution in [0.5, 0.6) is 0 Å². The molecule has 0 amide bonds. The molecule has 0 N–H and O–H groups in total. The molecule has 1 unspecified atom stereocenters. The second-order valence-electron chi connectivity index (χ2n) is 6.55. The third-order valence-electron chi connectivity index (χ3n) is 4.08. The first-order valence-corrected chi connectivity index (χ1v) is 9.55. The van der Waals surface area contributed by atoms with Crippen molar-refractivity contribution in [2.45, 2.75) is 64.2 Å². The zero-order valence-corrected chi connectivity index (χ0v) is 14.6. The molecule has 118 valence electrons. The van der Waals surface area contributed by atoms with E-state index in [4.69, 9.17) is 9.47 Å². The Hall–Kier alpha value is -0.220. The van der Waals surface area contributed by atoms with Gasteiger partial charge in [-0.2, -0.15) is 0 Å². The monoisotopic (exact) mass is 303 g/mol. The standard InChI is InChI=1S/C16H31O3S/c1-6-18-15(17)13-7-9-14(10-8-13)19-11-12-20(5)16(2,3)4/h13-14H,6-12H2,1-5H3/q+1. The molecule has 1 fully saturated rings. The fourth-order valence-corrected chi connectivity index (χ4v) is 3.33. The van der Waals surface area contributed by atoms with Crippen molar-refractivity contribution < 1.29 is 14.3 Å². The number of hydrogen-bond acceptors (Lipinski definition) is 3. The lowest BCUT2D eigenvalue weighted by atomic mass is 9.87. The van der Waals surface area contributed by atoms with Gasteiger partial charge in [-0.15, -0.1) is 0 Å². The molecular formula is C16H31O3S+. The van der Waals surface area contributed by atoms with Crippen molar-refractivity contribution >= 4 is 16.9 Å². The zero-order chi connectivity index (χ0) is 15.2. The molecule has 0 aromatic heterocycles. The van der Waals surface area contributed by atoms with Crippen LogP contribution in [0, 0.1) is 5.92 Å². The second-order valence-corrected chi connectivity index (χ2v) is 9.46. The number of esters is 1. The second kappa shape index (κ2) is 8.28. The van der Waals surface area contributed by atoms with E-state index in [9.17, 15) is 4.79 Å². The molecule has 0 aromatic carbocycles. The highest BCUT2D eigenvalue weighted by Crippen LogP contribution is 2.27. The van der Waals surface area contributed by atoms with Crippen LogP contribution in [-0.4, -0.2) is 42.0 Å². The molecule has 4 heteroatoms. The van der Waals surface area contributed by atoms with Gasteiger partial charge in [0.15, 0.2) is 0 Å². The van der Waals surface area contributed by atoms with Crippen LogP contribution in [-0.2, 0) is 25.2 Å². The number of ether oxygens (including phenoxy) is 2. The van der Waals surface area contributed by atoms with Crippen molar-refractivity contribution in [1.29, 1.82) is 0 Å². The van der Waals surface area contributed by atoms with Gasteiger partial charge in [0.05, 0.1) is 31.5 Å². The van der Waals surface area contributed by atoms with E-state index in [0.29, 0.717) is 28.4 Å². The maximum absolute atomic E-state index is 11.7. The molecule has 0 radical (unpaired) electrons. The van der Waals surface area contributed by atoms with Crippen molar-refractivity contribution in [1.82, 2.24) is 0 Å². The van der Waals surface area contributed by atoms with E-state index in [0.717, 1.165) is 38.0 Å². The van der Waals surface area contributed by atoms with Crippen molar-refractivity contribution in [3.63, 3.8) is 0 Å². The van der Waals surface area contributed by atoms with Gasteiger partial charge in [-0.05, 0) is 64.3 Å². The minimum absolute atomic E-state index is 0.0196. The fraction of sp³-hybridized carbons (Fsp3) is 0.938. The SMILES string of the molecule is CCOC(=O)C1CCC(OCC[S+](C)C(C)(C)C)CC1. The van der Waals surface area contributed by atoms with E-state index in [-0.39, 0.29) is 11.9 Å². The molecule has 0 saturated heterocycles. The molecule has 20 heavy (non-hydrogen) atoms. The summed E-state index contributed by atoms with van der Waals surface area (Å²) in [5.41, 5.74) is 0.